The number of aromatic hydroxyl groups is 1. The van der Waals surface area contributed by atoms with Crippen molar-refractivity contribution in [3.8, 4) is 5.75 Å². The molecule has 2 aliphatic rings. The average molecular weight is 332 g/mol. The summed E-state index contributed by atoms with van der Waals surface area (Å²) in [5, 5.41) is 13.0. The maximum Gasteiger partial charge on any atom is 0.343 e. The van der Waals surface area contributed by atoms with Crippen molar-refractivity contribution in [1.82, 2.24) is 9.88 Å². The number of methoxy groups -OCH3 is 1. The van der Waals surface area contributed by atoms with Crippen LogP contribution in [0.1, 0.15) is 33.3 Å². The average Bonchev–Trinajstić information content (AvgIpc) is 2.56. The van der Waals surface area contributed by atoms with E-state index in [1.807, 2.05) is 0 Å². The molecule has 2 N–H and O–H groups in total. The SMILES string of the molecule is C=CC[C@@]12COC=C[C@@H]1n1cc(C(=O)OC)c(=O)c(O)c1C(=O)N2. The van der Waals surface area contributed by atoms with Gasteiger partial charge in [-0.25, -0.2) is 4.79 Å². The molecule has 0 aliphatic carbocycles. The third-order valence-electron chi connectivity index (χ3n) is 4.27. The monoisotopic (exact) mass is 332 g/mol. The minimum Gasteiger partial charge on any atom is -0.503 e. The van der Waals surface area contributed by atoms with E-state index in [1.54, 1.807) is 12.2 Å². The first kappa shape index (κ1) is 15.9. The summed E-state index contributed by atoms with van der Waals surface area (Å²) < 4.78 is 11.3. The van der Waals surface area contributed by atoms with Gasteiger partial charge in [-0.15, -0.1) is 6.58 Å². The fourth-order valence-corrected chi connectivity index (χ4v) is 3.16. The first-order valence-electron chi connectivity index (χ1n) is 7.23. The molecule has 0 spiro atoms. The van der Waals surface area contributed by atoms with E-state index in [4.69, 9.17) is 4.74 Å². The van der Waals surface area contributed by atoms with E-state index in [2.05, 4.69) is 16.6 Å². The standard InChI is InChI=1S/C16H16N2O6/c1-3-5-16-8-24-6-4-10(16)18-7-9(15(22)23-2)12(19)13(20)11(18)14(21)17-16/h3-4,6-7,10,20H,1,5,8H2,2H3,(H,17,21)/t10-,16+/m0/s1. The third-order valence-corrected chi connectivity index (χ3v) is 4.27. The summed E-state index contributed by atoms with van der Waals surface area (Å²) in [6.45, 7) is 3.88. The van der Waals surface area contributed by atoms with Crippen LogP contribution in [0.15, 0.2) is 36.0 Å². The molecular weight excluding hydrogens is 316 g/mol. The third kappa shape index (κ3) is 2.10. The van der Waals surface area contributed by atoms with E-state index in [9.17, 15) is 19.5 Å². The van der Waals surface area contributed by atoms with Crippen LogP contribution in [0.5, 0.6) is 5.75 Å². The molecular formula is C16H16N2O6. The fourth-order valence-electron chi connectivity index (χ4n) is 3.16. The Hall–Kier alpha value is -3.03. The summed E-state index contributed by atoms with van der Waals surface area (Å²) >= 11 is 0. The molecule has 2 aliphatic heterocycles. The Morgan fingerprint density at radius 3 is 3.04 bits per heavy atom. The van der Waals surface area contributed by atoms with Crippen molar-refractivity contribution in [3.05, 3.63) is 52.7 Å². The molecule has 0 saturated carbocycles. The summed E-state index contributed by atoms with van der Waals surface area (Å²) in [6.07, 6.45) is 6.43. The topological polar surface area (TPSA) is 107 Å². The van der Waals surface area contributed by atoms with Crippen molar-refractivity contribution in [1.29, 1.82) is 0 Å². The van der Waals surface area contributed by atoms with Crippen LogP contribution in [0.25, 0.3) is 0 Å². The lowest BCUT2D eigenvalue weighted by atomic mass is 9.83. The quantitative estimate of drug-likeness (QED) is 0.616. The number of nitrogens with one attached hydrogen (secondary N) is 1. The van der Waals surface area contributed by atoms with Crippen LogP contribution in [-0.2, 0) is 9.47 Å². The van der Waals surface area contributed by atoms with Crippen LogP contribution in [0.4, 0.5) is 0 Å². The number of carbonyl (C=O) groups excluding carboxylic acids is 2. The highest BCUT2D eigenvalue weighted by molar-refractivity contribution is 5.98. The van der Waals surface area contributed by atoms with Crippen LogP contribution >= 0.6 is 0 Å². The molecule has 0 saturated heterocycles. The highest BCUT2D eigenvalue weighted by Gasteiger charge is 2.47. The van der Waals surface area contributed by atoms with E-state index in [0.717, 1.165) is 7.11 Å². The van der Waals surface area contributed by atoms with Crippen LogP contribution in [-0.4, -0.2) is 40.8 Å². The van der Waals surface area contributed by atoms with Gasteiger partial charge >= 0.3 is 5.97 Å². The summed E-state index contributed by atoms with van der Waals surface area (Å²) in [7, 11) is 1.13. The normalized spacial score (nSPS) is 24.2. The summed E-state index contributed by atoms with van der Waals surface area (Å²) in [4.78, 5) is 36.4. The first-order valence-corrected chi connectivity index (χ1v) is 7.23. The Labute approximate surface area is 137 Å². The molecule has 24 heavy (non-hydrogen) atoms. The maximum atomic E-state index is 12.5. The second-order valence-corrected chi connectivity index (χ2v) is 5.66. The zero-order valence-electron chi connectivity index (χ0n) is 12.9. The van der Waals surface area contributed by atoms with Gasteiger partial charge in [-0.2, -0.15) is 0 Å². The second kappa shape index (κ2) is 5.55. The van der Waals surface area contributed by atoms with Gasteiger partial charge in [0.05, 0.1) is 19.4 Å². The lowest BCUT2D eigenvalue weighted by Crippen LogP contribution is -2.62. The van der Waals surface area contributed by atoms with E-state index < -0.39 is 34.6 Å². The van der Waals surface area contributed by atoms with E-state index in [-0.39, 0.29) is 17.9 Å². The Bertz CT molecular complexity index is 825. The van der Waals surface area contributed by atoms with Gasteiger partial charge in [0, 0.05) is 6.20 Å². The van der Waals surface area contributed by atoms with Crippen molar-refractivity contribution in [2.75, 3.05) is 13.7 Å². The zero-order valence-corrected chi connectivity index (χ0v) is 12.9. The molecule has 3 heterocycles. The van der Waals surface area contributed by atoms with Gasteiger partial charge in [-0.1, -0.05) is 6.08 Å². The molecule has 0 aromatic carbocycles. The summed E-state index contributed by atoms with van der Waals surface area (Å²) in [6, 6.07) is -0.466. The van der Waals surface area contributed by atoms with Crippen molar-refractivity contribution >= 4 is 11.9 Å². The number of carbonyl (C=O) groups is 2. The molecule has 3 rings (SSSR count). The Morgan fingerprint density at radius 2 is 2.38 bits per heavy atom. The van der Waals surface area contributed by atoms with Gasteiger partial charge in [0.25, 0.3) is 5.91 Å². The summed E-state index contributed by atoms with van der Waals surface area (Å²) in [5.41, 5.74) is -2.32. The van der Waals surface area contributed by atoms with Gasteiger partial charge in [0.15, 0.2) is 11.4 Å². The molecule has 0 fully saturated rings. The van der Waals surface area contributed by atoms with E-state index >= 15 is 0 Å². The lowest BCUT2D eigenvalue weighted by molar-refractivity contribution is 0.0535. The largest absolute Gasteiger partial charge is 0.503 e. The van der Waals surface area contributed by atoms with Crippen molar-refractivity contribution in [2.45, 2.75) is 18.0 Å². The van der Waals surface area contributed by atoms with Crippen LogP contribution in [0.2, 0.25) is 0 Å². The van der Waals surface area contributed by atoms with Crippen molar-refractivity contribution < 1.29 is 24.2 Å². The molecule has 0 unspecified atom stereocenters. The van der Waals surface area contributed by atoms with Crippen LogP contribution in [0.3, 0.4) is 0 Å². The number of hydrogen-bond acceptors (Lipinski definition) is 6. The highest BCUT2D eigenvalue weighted by atomic mass is 16.5. The molecule has 8 nitrogen and oxygen atoms in total. The van der Waals surface area contributed by atoms with Crippen LogP contribution in [0, 0.1) is 0 Å². The minimum atomic E-state index is -0.949. The second-order valence-electron chi connectivity index (χ2n) is 5.66. The number of rotatable bonds is 3. The minimum absolute atomic E-state index is 0.186. The van der Waals surface area contributed by atoms with Gasteiger partial charge in [0.2, 0.25) is 5.43 Å². The Morgan fingerprint density at radius 1 is 1.62 bits per heavy atom. The molecule has 0 radical (unpaired) electrons. The predicted octanol–water partition coefficient (Wildman–Crippen LogP) is 0.484. The number of hydrogen-bond donors (Lipinski definition) is 2. The Kier molecular flexibility index (Phi) is 3.67. The smallest absolute Gasteiger partial charge is 0.343 e. The van der Waals surface area contributed by atoms with Crippen molar-refractivity contribution in [3.63, 3.8) is 0 Å². The highest BCUT2D eigenvalue weighted by Crippen LogP contribution is 2.37. The van der Waals surface area contributed by atoms with Crippen molar-refractivity contribution in [2.24, 2.45) is 0 Å². The molecule has 0 bridgehead atoms. The van der Waals surface area contributed by atoms with E-state index in [0.29, 0.717) is 6.42 Å². The predicted molar refractivity (Wildman–Crippen MR) is 82.8 cm³/mol. The number of aromatic nitrogens is 1. The van der Waals surface area contributed by atoms with Crippen LogP contribution < -0.4 is 10.7 Å². The summed E-state index contributed by atoms with van der Waals surface area (Å²) in [5.74, 6) is -2.30. The number of esters is 1. The number of fused-ring (bicyclic) bond motifs is 3. The van der Waals surface area contributed by atoms with Gasteiger partial charge in [-0.05, 0) is 12.5 Å². The molecule has 126 valence electrons. The lowest BCUT2D eigenvalue weighted by Gasteiger charge is -2.46. The molecule has 2 atom stereocenters. The number of nitrogens with zero attached hydrogens (tertiary/aromatic N) is 1. The number of ether oxygens (including phenoxy) is 2. The number of pyridine rings is 1. The molecule has 1 aromatic rings. The van der Waals surface area contributed by atoms with Gasteiger partial charge < -0.3 is 24.5 Å². The molecule has 1 amide bonds. The zero-order chi connectivity index (χ0) is 17.5. The Balaban J connectivity index is 2.29. The maximum absolute atomic E-state index is 12.5. The van der Waals surface area contributed by atoms with E-state index in [1.165, 1.54) is 17.0 Å². The molecule has 1 aromatic heterocycles. The van der Waals surface area contributed by atoms with Gasteiger partial charge in [0.1, 0.15) is 17.7 Å². The molecule has 8 heteroatoms. The number of amides is 1. The fraction of sp³-hybridized carbons (Fsp3) is 0.312. The van der Waals surface area contributed by atoms with Gasteiger partial charge in [-0.3, -0.25) is 9.59 Å². The first-order chi connectivity index (χ1) is 11.4.